The first-order valence-corrected chi connectivity index (χ1v) is 5.79. The molecule has 1 fully saturated rings. The van der Waals surface area contributed by atoms with E-state index in [0.717, 1.165) is 0 Å². The van der Waals surface area contributed by atoms with Crippen molar-refractivity contribution in [2.24, 2.45) is 0 Å². The fraction of sp³-hybridized carbons (Fsp3) is 0.875. The molecule has 1 heterocycles. The van der Waals surface area contributed by atoms with Crippen molar-refractivity contribution in [1.29, 1.82) is 0 Å². The molecule has 0 radical (unpaired) electrons. The van der Waals surface area contributed by atoms with Gasteiger partial charge in [0.25, 0.3) is 5.24 Å². The molecule has 0 bridgehead atoms. The van der Waals surface area contributed by atoms with Gasteiger partial charge < -0.3 is 35.1 Å². The highest BCUT2D eigenvalue weighted by Gasteiger charge is 2.46. The number of aliphatic hydroxyl groups excluding tert-OH is 4. The second kappa shape index (κ2) is 7.29. The van der Waals surface area contributed by atoms with Crippen molar-refractivity contribution >= 4 is 25.0 Å². The summed E-state index contributed by atoms with van der Waals surface area (Å²) in [6.45, 7) is -1.15. The summed E-state index contributed by atoms with van der Waals surface area (Å²) in [7, 11) is -0.890. The molecule has 5 N–H and O–H groups in total. The molecule has 0 saturated carbocycles. The molecule has 1 aliphatic heterocycles. The number of rotatable bonds is 6. The molecular weight excluding hydrogens is 265 g/mol. The maximum Gasteiger partial charge on any atom is 0.478 e. The summed E-state index contributed by atoms with van der Waals surface area (Å²) in [5, 5.41) is 38.5. The molecule has 4 unspecified atom stereocenters. The minimum absolute atomic E-state index is 0.0222. The average molecular weight is 281 g/mol. The van der Waals surface area contributed by atoms with Crippen LogP contribution in [0.1, 0.15) is 0 Å². The van der Waals surface area contributed by atoms with Crippen molar-refractivity contribution in [2.45, 2.75) is 24.4 Å². The summed E-state index contributed by atoms with van der Waals surface area (Å²) in [5.74, 6) is 0. The normalized spacial score (nSPS) is 27.1. The Labute approximate surface area is 109 Å². The van der Waals surface area contributed by atoms with Crippen LogP contribution in [0.5, 0.6) is 0 Å². The first kappa shape index (κ1) is 15.7. The highest BCUT2D eigenvalue weighted by Crippen LogP contribution is 2.22. The Balaban J connectivity index is 2.60. The molecule has 18 heavy (non-hydrogen) atoms. The second-order valence-corrected chi connectivity index (χ2v) is 4.22. The molecule has 1 rings (SSSR count). The number of hydrogen-bond donors (Lipinski definition) is 6. The zero-order valence-corrected chi connectivity index (χ0v) is 10.4. The number of aliphatic hydroxyl groups is 4. The minimum Gasteiger partial charge on any atom is -0.402 e. The summed E-state index contributed by atoms with van der Waals surface area (Å²) >= 11 is 3.49. The van der Waals surface area contributed by atoms with E-state index in [2.05, 4.69) is 17.9 Å². The lowest BCUT2D eigenvalue weighted by Crippen LogP contribution is -2.45. The third kappa shape index (κ3) is 4.09. The van der Waals surface area contributed by atoms with Crippen LogP contribution in [0.3, 0.4) is 0 Å². The Morgan fingerprint density at radius 3 is 2.00 bits per heavy atom. The van der Waals surface area contributed by atoms with E-state index in [0.29, 0.717) is 0 Å². The minimum atomic E-state index is -1.26. The van der Waals surface area contributed by atoms with Crippen molar-refractivity contribution in [1.82, 2.24) is 5.32 Å². The first-order chi connectivity index (χ1) is 8.49. The zero-order chi connectivity index (χ0) is 13.7. The predicted octanol–water partition coefficient (Wildman–Crippen LogP) is -2.86. The Morgan fingerprint density at radius 1 is 1.22 bits per heavy atom. The van der Waals surface area contributed by atoms with Crippen LogP contribution >= 0.6 is 12.6 Å². The summed E-state index contributed by atoms with van der Waals surface area (Å²) < 4.78 is 10.5. The van der Waals surface area contributed by atoms with Gasteiger partial charge >= 0.3 is 7.12 Å². The van der Waals surface area contributed by atoms with Crippen LogP contribution in [0, 0.1) is 0 Å². The average Bonchev–Trinajstić information content (AvgIpc) is 2.78. The van der Waals surface area contributed by atoms with Gasteiger partial charge in [-0.05, 0) is 0 Å². The second-order valence-electron chi connectivity index (χ2n) is 3.82. The molecule has 1 amide bonds. The molecule has 0 aromatic rings. The van der Waals surface area contributed by atoms with Gasteiger partial charge in [-0.2, -0.15) is 0 Å². The van der Waals surface area contributed by atoms with Gasteiger partial charge in [0.15, 0.2) is 0 Å². The standard InChI is InChI=1S/C8H16BNO7S/c11-1-4(13)6-7(5(14)2-12)17-9(16-6)3-10-8(15)18/h4-7,11-14H,1-3H2,(H2,10,15,18). The molecule has 1 saturated heterocycles. The van der Waals surface area contributed by atoms with E-state index >= 15 is 0 Å². The van der Waals surface area contributed by atoms with Gasteiger partial charge in [0.2, 0.25) is 0 Å². The number of nitrogens with one attached hydrogen (secondary N) is 1. The van der Waals surface area contributed by atoms with Crippen LogP contribution < -0.4 is 5.32 Å². The molecule has 4 atom stereocenters. The summed E-state index contributed by atoms with van der Waals surface area (Å²) in [4.78, 5) is 10.6. The number of carbonyl (C=O) groups is 1. The Bertz CT molecular complexity index is 266. The maximum absolute atomic E-state index is 10.6. The summed E-state index contributed by atoms with van der Waals surface area (Å²) in [6, 6.07) is 0. The van der Waals surface area contributed by atoms with E-state index < -0.39 is 50.0 Å². The predicted molar refractivity (Wildman–Crippen MR) is 64.1 cm³/mol. The number of hydrogen-bond acceptors (Lipinski definition) is 7. The Kier molecular flexibility index (Phi) is 6.36. The zero-order valence-electron chi connectivity index (χ0n) is 9.47. The van der Waals surface area contributed by atoms with Crippen LogP contribution in [-0.2, 0) is 9.31 Å². The van der Waals surface area contributed by atoms with E-state index in [4.69, 9.17) is 19.5 Å². The van der Waals surface area contributed by atoms with Crippen molar-refractivity contribution < 1.29 is 34.5 Å². The molecule has 0 aromatic heterocycles. The lowest BCUT2D eigenvalue weighted by atomic mass is 9.91. The number of carbonyl (C=O) groups excluding carboxylic acids is 1. The van der Waals surface area contributed by atoms with Crippen LogP contribution in [0.4, 0.5) is 4.79 Å². The molecule has 1 aliphatic rings. The van der Waals surface area contributed by atoms with Crippen molar-refractivity contribution in [3.63, 3.8) is 0 Å². The largest absolute Gasteiger partial charge is 0.478 e. The quantitative estimate of drug-likeness (QED) is 0.228. The van der Waals surface area contributed by atoms with Crippen molar-refractivity contribution in [3.8, 4) is 0 Å². The smallest absolute Gasteiger partial charge is 0.402 e. The molecular formula is C8H16BNO7S. The highest BCUT2D eigenvalue weighted by atomic mass is 32.1. The molecule has 0 spiro atoms. The van der Waals surface area contributed by atoms with E-state index in [-0.39, 0.29) is 6.44 Å². The van der Waals surface area contributed by atoms with Gasteiger partial charge in [0, 0.05) is 0 Å². The third-order valence-electron chi connectivity index (χ3n) is 2.49. The van der Waals surface area contributed by atoms with Gasteiger partial charge in [0.05, 0.1) is 31.9 Å². The molecule has 10 heteroatoms. The van der Waals surface area contributed by atoms with E-state index in [9.17, 15) is 15.0 Å². The van der Waals surface area contributed by atoms with Gasteiger partial charge in [0.1, 0.15) is 12.2 Å². The molecule has 104 valence electrons. The van der Waals surface area contributed by atoms with Gasteiger partial charge in [-0.15, -0.1) is 0 Å². The van der Waals surface area contributed by atoms with Crippen LogP contribution in [-0.4, -0.2) is 76.9 Å². The third-order valence-corrected chi connectivity index (χ3v) is 2.65. The maximum atomic E-state index is 10.6. The lowest BCUT2D eigenvalue weighted by Gasteiger charge is -2.24. The lowest BCUT2D eigenvalue weighted by molar-refractivity contribution is -0.0640. The topological polar surface area (TPSA) is 128 Å². The Hall–Kier alpha value is -0.355. The van der Waals surface area contributed by atoms with Gasteiger partial charge in [-0.25, -0.2) is 0 Å². The van der Waals surface area contributed by atoms with Crippen molar-refractivity contribution in [3.05, 3.63) is 0 Å². The monoisotopic (exact) mass is 281 g/mol. The van der Waals surface area contributed by atoms with Crippen LogP contribution in [0.25, 0.3) is 0 Å². The van der Waals surface area contributed by atoms with Crippen molar-refractivity contribution in [2.75, 3.05) is 19.7 Å². The molecule has 0 aliphatic carbocycles. The number of amides is 1. The highest BCUT2D eigenvalue weighted by molar-refractivity contribution is 7.96. The summed E-state index contributed by atoms with van der Waals surface area (Å²) in [5.41, 5.74) is 0. The molecule has 0 aromatic carbocycles. The van der Waals surface area contributed by atoms with Gasteiger partial charge in [-0.3, -0.25) is 4.79 Å². The van der Waals surface area contributed by atoms with Gasteiger partial charge in [-0.1, -0.05) is 12.6 Å². The number of thiol groups is 1. The van der Waals surface area contributed by atoms with E-state index in [1.807, 2.05) is 0 Å². The fourth-order valence-corrected chi connectivity index (χ4v) is 1.72. The van der Waals surface area contributed by atoms with E-state index in [1.54, 1.807) is 0 Å². The van der Waals surface area contributed by atoms with E-state index in [1.165, 1.54) is 0 Å². The van der Waals surface area contributed by atoms with Crippen LogP contribution in [0.2, 0.25) is 0 Å². The fourth-order valence-electron chi connectivity index (χ4n) is 1.63. The summed E-state index contributed by atoms with van der Waals surface area (Å²) in [6.07, 6.45) is -4.51. The first-order valence-electron chi connectivity index (χ1n) is 5.35. The van der Waals surface area contributed by atoms with Crippen LogP contribution in [0.15, 0.2) is 0 Å². The Morgan fingerprint density at radius 2 is 1.67 bits per heavy atom. The molecule has 8 nitrogen and oxygen atoms in total. The SMILES string of the molecule is O=C(S)NCB1OC(C(O)CO)C(C(O)CO)O1.